The normalized spacial score (nSPS) is 6.18. The fourth-order valence-corrected chi connectivity index (χ4v) is 0. The predicted octanol–water partition coefficient (Wildman–Crippen LogP) is 3.78. The molecule has 0 amide bonds. The van der Waals surface area contributed by atoms with Gasteiger partial charge in [-0.2, -0.15) is 0 Å². The van der Waals surface area contributed by atoms with E-state index in [4.69, 9.17) is 0 Å². The van der Waals surface area contributed by atoms with Crippen molar-refractivity contribution < 1.29 is 14.4 Å². The molecule has 0 unspecified atom stereocenters. The highest BCUT2D eigenvalue weighted by molar-refractivity contribution is 5.91. The molecule has 0 saturated carbocycles. The van der Waals surface area contributed by atoms with E-state index in [2.05, 4.69) is 13.2 Å². The second kappa shape index (κ2) is 20.0. The van der Waals surface area contributed by atoms with Gasteiger partial charge in [0.2, 0.25) is 0 Å². The van der Waals surface area contributed by atoms with Crippen LogP contribution in [0.3, 0.4) is 0 Å². The van der Waals surface area contributed by atoms with Gasteiger partial charge in [0.25, 0.3) is 0 Å². The van der Waals surface area contributed by atoms with Gasteiger partial charge in [0.15, 0.2) is 11.6 Å². The number of Topliss-reactive ketones (excluding diaryl/α,β-unsaturated/α-hetero) is 2. The Balaban J connectivity index is -0.0000000407. The summed E-state index contributed by atoms with van der Waals surface area (Å²) in [4.78, 5) is 29.2. The van der Waals surface area contributed by atoms with Crippen LogP contribution in [0.4, 0.5) is 0 Å². The zero-order chi connectivity index (χ0) is 13.0. The third-order valence-corrected chi connectivity index (χ3v) is 0.888. The van der Waals surface area contributed by atoms with Crippen LogP contribution in [-0.2, 0) is 14.4 Å². The Hall–Kier alpha value is -1.51. The smallest absolute Gasteiger partial charge is 0.154 e. The molecule has 0 N–H and O–H groups in total. The number of hydrogen-bond donors (Lipinski definition) is 0. The molecule has 0 aliphatic rings. The third-order valence-electron chi connectivity index (χ3n) is 0.888. The van der Waals surface area contributed by atoms with Gasteiger partial charge in [0.1, 0.15) is 5.78 Å². The monoisotopic (exact) mass is 244 g/mol. The standard InChI is InChI=1S/C5H8O.C4H6O.C3H6O.2CH4/c1-4(2)5(3)6;1-3-4(2)5;1-3(2)4;;/h1H2,2-3H3;3H,1H2,2H3;1-2H3;2*1H4. The second-order valence-electron chi connectivity index (χ2n) is 3.06. The average molecular weight is 244 g/mol. The summed E-state index contributed by atoms with van der Waals surface area (Å²) in [6.07, 6.45) is 1.28. The van der Waals surface area contributed by atoms with Crippen LogP contribution in [0.5, 0.6) is 0 Å². The van der Waals surface area contributed by atoms with E-state index in [0.717, 1.165) is 0 Å². The van der Waals surface area contributed by atoms with Crippen molar-refractivity contribution in [3.8, 4) is 0 Å². The van der Waals surface area contributed by atoms with Crippen molar-refractivity contribution in [1.82, 2.24) is 0 Å². The number of allylic oxidation sites excluding steroid dienone is 2. The van der Waals surface area contributed by atoms with Crippen LogP contribution >= 0.6 is 0 Å². The molecule has 0 aromatic rings. The molecule has 0 fully saturated rings. The van der Waals surface area contributed by atoms with E-state index in [1.807, 2.05) is 0 Å². The fraction of sp³-hybridized carbons (Fsp3) is 0.500. The van der Waals surface area contributed by atoms with Gasteiger partial charge in [0.05, 0.1) is 0 Å². The van der Waals surface area contributed by atoms with E-state index < -0.39 is 0 Å². The maximum Gasteiger partial charge on any atom is 0.154 e. The topological polar surface area (TPSA) is 51.2 Å². The Kier molecular flexibility index (Phi) is 34.7. The van der Waals surface area contributed by atoms with Crippen molar-refractivity contribution in [2.24, 2.45) is 0 Å². The number of rotatable bonds is 2. The molecule has 3 heteroatoms. The largest absolute Gasteiger partial charge is 0.300 e. The minimum absolute atomic E-state index is 0. The Morgan fingerprint density at radius 2 is 1.00 bits per heavy atom. The highest BCUT2D eigenvalue weighted by atomic mass is 16.1. The zero-order valence-corrected chi connectivity index (χ0v) is 10.2. The van der Waals surface area contributed by atoms with Gasteiger partial charge in [-0.3, -0.25) is 9.59 Å². The van der Waals surface area contributed by atoms with Gasteiger partial charge in [-0.1, -0.05) is 28.0 Å². The molecule has 17 heavy (non-hydrogen) atoms. The zero-order valence-electron chi connectivity index (χ0n) is 10.2. The molecule has 102 valence electrons. The van der Waals surface area contributed by atoms with Crippen molar-refractivity contribution in [1.29, 1.82) is 0 Å². The summed E-state index contributed by atoms with van der Waals surface area (Å²) < 4.78 is 0. The average Bonchev–Trinajstić information content (AvgIpc) is 2.04. The molecule has 0 heterocycles. The van der Waals surface area contributed by atoms with E-state index in [0.29, 0.717) is 5.57 Å². The molecular weight excluding hydrogens is 216 g/mol. The van der Waals surface area contributed by atoms with Gasteiger partial charge in [-0.25, -0.2) is 0 Å². The summed E-state index contributed by atoms with van der Waals surface area (Å²) in [5.74, 6) is 0.250. The van der Waals surface area contributed by atoms with Crippen LogP contribution in [0.25, 0.3) is 0 Å². The van der Waals surface area contributed by atoms with Crippen LogP contribution < -0.4 is 0 Å². The molecule has 0 aromatic carbocycles. The summed E-state index contributed by atoms with van der Waals surface area (Å²) in [7, 11) is 0. The van der Waals surface area contributed by atoms with Gasteiger partial charge >= 0.3 is 0 Å². The minimum atomic E-state index is 0. The van der Waals surface area contributed by atoms with Crippen molar-refractivity contribution in [2.75, 3.05) is 0 Å². The summed E-state index contributed by atoms with van der Waals surface area (Å²) >= 11 is 0. The molecule has 0 aliphatic carbocycles. The van der Waals surface area contributed by atoms with E-state index in [9.17, 15) is 14.4 Å². The first-order chi connectivity index (χ1) is 6.64. The SMILES string of the molecule is C.C.C=C(C)C(C)=O.C=CC(C)=O.CC(C)=O. The molecule has 0 spiro atoms. The number of ketones is 3. The molecular formula is C14H28O3. The maximum absolute atomic E-state index is 10.0. The summed E-state index contributed by atoms with van der Waals surface area (Å²) in [6, 6.07) is 0. The van der Waals surface area contributed by atoms with E-state index in [-0.39, 0.29) is 32.2 Å². The maximum atomic E-state index is 10.0. The molecule has 3 nitrogen and oxygen atoms in total. The summed E-state index contributed by atoms with van der Waals surface area (Å²) in [6.45, 7) is 14.3. The lowest BCUT2D eigenvalue weighted by molar-refractivity contribution is -0.115. The Morgan fingerprint density at radius 1 is 0.882 bits per heavy atom. The number of carbonyl (C=O) groups excluding carboxylic acids is 3. The Labute approximate surface area is 107 Å². The first kappa shape index (κ1) is 29.6. The third kappa shape index (κ3) is 112. The lowest BCUT2D eigenvalue weighted by Crippen LogP contribution is -1.86. The molecule has 0 rings (SSSR count). The summed E-state index contributed by atoms with van der Waals surface area (Å²) in [5, 5.41) is 0. The van der Waals surface area contributed by atoms with Crippen LogP contribution in [-0.4, -0.2) is 17.3 Å². The Bertz CT molecular complexity index is 234. The van der Waals surface area contributed by atoms with Gasteiger partial charge < -0.3 is 4.79 Å². The molecule has 0 aliphatic heterocycles. The van der Waals surface area contributed by atoms with E-state index in [1.165, 1.54) is 33.8 Å². The summed E-state index contributed by atoms with van der Waals surface area (Å²) in [5.41, 5.74) is 0.620. The highest BCUT2D eigenvalue weighted by Crippen LogP contribution is 1.84. The van der Waals surface area contributed by atoms with Crippen LogP contribution in [0, 0.1) is 0 Å². The molecule has 0 bridgehead atoms. The lowest BCUT2D eigenvalue weighted by atomic mass is 10.3. The number of carbonyl (C=O) groups is 3. The predicted molar refractivity (Wildman–Crippen MR) is 76.2 cm³/mol. The minimum Gasteiger partial charge on any atom is -0.300 e. The second-order valence-corrected chi connectivity index (χ2v) is 3.06. The lowest BCUT2D eigenvalue weighted by Gasteiger charge is -1.80. The number of hydrogen-bond acceptors (Lipinski definition) is 3. The van der Waals surface area contributed by atoms with Gasteiger partial charge in [-0.15, -0.1) is 0 Å². The molecule has 0 atom stereocenters. The van der Waals surface area contributed by atoms with E-state index in [1.54, 1.807) is 6.92 Å². The molecule has 0 aromatic heterocycles. The van der Waals surface area contributed by atoms with Crippen molar-refractivity contribution >= 4 is 17.3 Å². The van der Waals surface area contributed by atoms with Crippen molar-refractivity contribution in [3.05, 3.63) is 24.8 Å². The Morgan fingerprint density at radius 3 is 1.00 bits per heavy atom. The first-order valence-electron chi connectivity index (χ1n) is 4.41. The van der Waals surface area contributed by atoms with Crippen molar-refractivity contribution in [3.63, 3.8) is 0 Å². The van der Waals surface area contributed by atoms with Crippen LogP contribution in [0.1, 0.15) is 49.5 Å². The van der Waals surface area contributed by atoms with Crippen LogP contribution in [0.15, 0.2) is 24.8 Å². The molecule has 0 radical (unpaired) electrons. The van der Waals surface area contributed by atoms with Crippen LogP contribution in [0.2, 0.25) is 0 Å². The fourth-order valence-electron chi connectivity index (χ4n) is 0. The van der Waals surface area contributed by atoms with Gasteiger partial charge in [-0.05, 0) is 46.3 Å². The molecule has 0 saturated heterocycles. The quantitative estimate of drug-likeness (QED) is 0.694. The van der Waals surface area contributed by atoms with Gasteiger partial charge in [0, 0.05) is 0 Å². The van der Waals surface area contributed by atoms with E-state index >= 15 is 0 Å². The first-order valence-corrected chi connectivity index (χ1v) is 4.41. The van der Waals surface area contributed by atoms with Crippen molar-refractivity contribution in [2.45, 2.75) is 49.5 Å². The highest BCUT2D eigenvalue weighted by Gasteiger charge is 1.85.